The Kier molecular flexibility index (Phi) is 10.5. The van der Waals surface area contributed by atoms with Gasteiger partial charge in [-0.3, -0.25) is 4.79 Å². The average molecular weight is 325 g/mol. The number of hydrogen-bond donors (Lipinski definition) is 1. The van der Waals surface area contributed by atoms with Crippen LogP contribution in [0.3, 0.4) is 0 Å². The molecule has 0 saturated carbocycles. The molecule has 3 atom stereocenters. The number of carbonyl (C=O) groups excluding carboxylic acids is 2. The summed E-state index contributed by atoms with van der Waals surface area (Å²) in [5, 5.41) is 13.3. The third-order valence-electron chi connectivity index (χ3n) is 2.85. The first-order valence-electron chi connectivity index (χ1n) is 7.05. The van der Waals surface area contributed by atoms with Gasteiger partial charge in [0.05, 0.1) is 18.6 Å². The smallest absolute Gasteiger partial charge is 0.547 e. The molecule has 21 heavy (non-hydrogen) atoms. The summed E-state index contributed by atoms with van der Waals surface area (Å²) in [6, 6.07) is -0.132. The first kappa shape index (κ1) is 21.5. The van der Waals surface area contributed by atoms with E-state index in [1.54, 1.807) is 0 Å². The Hall–Kier alpha value is 0.496. The van der Waals surface area contributed by atoms with Crippen LogP contribution in [-0.2, 0) is 19.1 Å². The summed E-state index contributed by atoms with van der Waals surface area (Å²) < 4.78 is 10.3. The molecule has 1 fully saturated rings. The number of carbonyl (C=O) groups is 2. The largest absolute Gasteiger partial charge is 1.00 e. The molecule has 1 saturated heterocycles. The number of ether oxygens (including phenoxy) is 2. The number of aliphatic carboxylic acids is 1. The second kappa shape index (κ2) is 10.3. The Bertz CT molecular complexity index is 348. The van der Waals surface area contributed by atoms with Gasteiger partial charge in [-0.2, -0.15) is 0 Å². The molecule has 1 aliphatic rings. The van der Waals surface area contributed by atoms with Crippen molar-refractivity contribution >= 4 is 11.9 Å². The minimum Gasteiger partial charge on any atom is -0.547 e. The van der Waals surface area contributed by atoms with E-state index in [1.165, 1.54) is 0 Å². The number of rotatable bonds is 9. The quantitative estimate of drug-likeness (QED) is 0.354. The van der Waals surface area contributed by atoms with Crippen molar-refractivity contribution in [2.75, 3.05) is 13.2 Å². The molecule has 0 unspecified atom stereocenters. The maximum atomic E-state index is 11.8. The van der Waals surface area contributed by atoms with Crippen LogP contribution in [0.15, 0.2) is 0 Å². The molecule has 6 nitrogen and oxygen atoms in total. The van der Waals surface area contributed by atoms with Crippen LogP contribution in [0.1, 0.15) is 34.1 Å². The second-order valence-electron chi connectivity index (χ2n) is 6.06. The third kappa shape index (κ3) is 8.64. The molecular weight excluding hydrogens is 301 g/mol. The number of epoxide rings is 1. The van der Waals surface area contributed by atoms with Gasteiger partial charge in [-0.05, 0) is 18.3 Å². The zero-order valence-electron chi connectivity index (χ0n) is 13.5. The normalized spacial score (nSPS) is 21.8. The van der Waals surface area contributed by atoms with Gasteiger partial charge in [-0.15, -0.1) is 0 Å². The van der Waals surface area contributed by atoms with Gasteiger partial charge in [0.2, 0.25) is 0 Å². The molecule has 116 valence electrons. The van der Waals surface area contributed by atoms with E-state index in [2.05, 4.69) is 33.0 Å². The van der Waals surface area contributed by atoms with Gasteiger partial charge < -0.3 is 24.7 Å². The van der Waals surface area contributed by atoms with Gasteiger partial charge in [-0.1, -0.05) is 27.7 Å². The summed E-state index contributed by atoms with van der Waals surface area (Å²) in [7, 11) is 0. The van der Waals surface area contributed by atoms with Gasteiger partial charge in [0.25, 0.3) is 5.91 Å². The van der Waals surface area contributed by atoms with E-state index in [-0.39, 0.29) is 57.4 Å². The van der Waals surface area contributed by atoms with Crippen LogP contribution in [0, 0.1) is 11.8 Å². The molecule has 7 heteroatoms. The number of carboxylic acid groups (broad SMARTS) is 1. The molecule has 1 amide bonds. The predicted molar refractivity (Wildman–Crippen MR) is 70.7 cm³/mol. The van der Waals surface area contributed by atoms with E-state index < -0.39 is 24.1 Å². The predicted octanol–water partition coefficient (Wildman–Crippen LogP) is -3.29. The Balaban J connectivity index is 0.00000400. The van der Waals surface area contributed by atoms with Gasteiger partial charge >= 0.3 is 51.4 Å². The van der Waals surface area contributed by atoms with E-state index in [0.29, 0.717) is 25.0 Å². The zero-order chi connectivity index (χ0) is 15.3. The summed E-state index contributed by atoms with van der Waals surface area (Å²) in [4.78, 5) is 22.4. The molecule has 1 rings (SSSR count). The minimum atomic E-state index is -1.35. The van der Waals surface area contributed by atoms with Gasteiger partial charge in [0.1, 0.15) is 6.10 Å². The molecule has 0 bridgehead atoms. The molecule has 0 aromatic carbocycles. The Morgan fingerprint density at radius 2 is 1.76 bits per heavy atom. The summed E-state index contributed by atoms with van der Waals surface area (Å²) in [6.07, 6.45) is -1.25. The fourth-order valence-corrected chi connectivity index (χ4v) is 1.96. The number of amides is 1. The minimum absolute atomic E-state index is 0. The summed E-state index contributed by atoms with van der Waals surface area (Å²) in [5.41, 5.74) is 0. The topological polar surface area (TPSA) is 91.0 Å². The van der Waals surface area contributed by atoms with Crippen molar-refractivity contribution in [1.82, 2.24) is 5.32 Å². The molecule has 1 N–H and O–H groups in total. The van der Waals surface area contributed by atoms with Gasteiger partial charge in [0, 0.05) is 6.61 Å². The van der Waals surface area contributed by atoms with Crippen LogP contribution in [0.2, 0.25) is 0 Å². The van der Waals surface area contributed by atoms with Crippen LogP contribution in [0.4, 0.5) is 0 Å². The maximum Gasteiger partial charge on any atom is 1.00 e. The number of nitrogens with one attached hydrogen (secondary N) is 1. The van der Waals surface area contributed by atoms with E-state index in [1.807, 2.05) is 0 Å². The number of hydrogen-bond acceptors (Lipinski definition) is 5. The van der Waals surface area contributed by atoms with Crippen LogP contribution >= 0.6 is 0 Å². The van der Waals surface area contributed by atoms with Crippen molar-refractivity contribution in [1.29, 1.82) is 0 Å². The third-order valence-corrected chi connectivity index (χ3v) is 2.85. The van der Waals surface area contributed by atoms with Gasteiger partial charge in [-0.25, -0.2) is 0 Å². The SMILES string of the molecule is CC(C)COC[C@H](CC(C)C)NC(=O)[C@H]1O[C@@H]1C(=O)[O-].[K+]. The Labute approximate surface area is 168 Å². The van der Waals surface area contributed by atoms with Crippen molar-refractivity contribution < 1.29 is 75.6 Å². The fraction of sp³-hybridized carbons (Fsp3) is 0.857. The van der Waals surface area contributed by atoms with Crippen LogP contribution in [0.25, 0.3) is 0 Å². The molecule has 0 radical (unpaired) electrons. The van der Waals surface area contributed by atoms with Crippen molar-refractivity contribution in [3.63, 3.8) is 0 Å². The molecule has 1 heterocycles. The van der Waals surface area contributed by atoms with E-state index >= 15 is 0 Å². The molecule has 0 aliphatic carbocycles. The standard InChI is InChI=1S/C14H25NO5.K/c1-8(2)5-10(7-19-6-9(3)4)15-13(16)11-12(20-11)14(17)18;/h8-12H,5-7H2,1-4H3,(H,15,16)(H,17,18);/q;+1/p-1/t10-,11-,12-;/m0./s1. The van der Waals surface area contributed by atoms with Crippen molar-refractivity contribution in [2.45, 2.75) is 52.4 Å². The first-order chi connectivity index (χ1) is 9.31. The molecular formula is C14H24KNO5. The van der Waals surface area contributed by atoms with E-state index in [4.69, 9.17) is 9.47 Å². The zero-order valence-corrected chi connectivity index (χ0v) is 16.7. The number of carboxylic acids is 1. The molecule has 1 aliphatic heterocycles. The second-order valence-corrected chi connectivity index (χ2v) is 6.06. The maximum absolute atomic E-state index is 11.8. The van der Waals surface area contributed by atoms with Gasteiger partial charge in [0.15, 0.2) is 6.10 Å². The Morgan fingerprint density at radius 1 is 1.14 bits per heavy atom. The van der Waals surface area contributed by atoms with Crippen molar-refractivity contribution in [2.24, 2.45) is 11.8 Å². The first-order valence-corrected chi connectivity index (χ1v) is 7.05. The average Bonchev–Trinajstić information content (AvgIpc) is 3.06. The van der Waals surface area contributed by atoms with Crippen LogP contribution < -0.4 is 61.8 Å². The van der Waals surface area contributed by atoms with Crippen molar-refractivity contribution in [3.8, 4) is 0 Å². The van der Waals surface area contributed by atoms with Crippen LogP contribution in [-0.4, -0.2) is 43.3 Å². The summed E-state index contributed by atoms with van der Waals surface area (Å²) in [6.45, 7) is 9.27. The fourth-order valence-electron chi connectivity index (χ4n) is 1.96. The van der Waals surface area contributed by atoms with Crippen molar-refractivity contribution in [3.05, 3.63) is 0 Å². The summed E-state index contributed by atoms with van der Waals surface area (Å²) in [5.74, 6) is -0.917. The van der Waals surface area contributed by atoms with Crippen LogP contribution in [0.5, 0.6) is 0 Å². The summed E-state index contributed by atoms with van der Waals surface area (Å²) >= 11 is 0. The van der Waals surface area contributed by atoms with E-state index in [0.717, 1.165) is 6.42 Å². The Morgan fingerprint density at radius 3 is 2.19 bits per heavy atom. The molecule has 0 spiro atoms. The molecule has 0 aromatic rings. The molecule has 0 aromatic heterocycles. The van der Waals surface area contributed by atoms with E-state index in [9.17, 15) is 14.7 Å². The monoisotopic (exact) mass is 325 g/mol.